The van der Waals surface area contributed by atoms with Gasteiger partial charge in [-0.1, -0.05) is 47.5 Å². The summed E-state index contributed by atoms with van der Waals surface area (Å²) in [5.41, 5.74) is 4.13. The molecule has 0 aliphatic carbocycles. The molecule has 0 aliphatic rings. The van der Waals surface area contributed by atoms with Crippen molar-refractivity contribution in [3.05, 3.63) is 69.7 Å². The van der Waals surface area contributed by atoms with Crippen molar-refractivity contribution in [2.24, 2.45) is 5.10 Å². The molecule has 0 bridgehead atoms. The highest BCUT2D eigenvalue weighted by molar-refractivity contribution is 6.32. The quantitative estimate of drug-likeness (QED) is 0.607. The largest absolute Gasteiger partial charge is 0.484 e. The minimum atomic E-state index is -0.356. The number of hydrogen-bond donors (Lipinski definition) is 1. The molecule has 2 aromatic carbocycles. The molecule has 4 nitrogen and oxygen atoms in total. The molecular weight excluding hydrogens is 347 g/mol. The number of rotatable bonds is 6. The number of allylic oxidation sites excluding steroid dienone is 1. The van der Waals surface area contributed by atoms with Gasteiger partial charge >= 0.3 is 0 Å². The van der Waals surface area contributed by atoms with Crippen LogP contribution in [0.15, 0.2) is 53.6 Å². The third-order valence-electron chi connectivity index (χ3n) is 3.03. The molecule has 0 fully saturated rings. The zero-order valence-corrected chi connectivity index (χ0v) is 14.5. The van der Waals surface area contributed by atoms with Crippen molar-refractivity contribution in [3.8, 4) is 5.75 Å². The molecule has 0 saturated carbocycles. The number of halogens is 2. The second kappa shape index (κ2) is 9.11. The highest BCUT2D eigenvalue weighted by Gasteiger charge is 2.02. The van der Waals surface area contributed by atoms with Gasteiger partial charge in [-0.25, -0.2) is 5.43 Å². The highest BCUT2D eigenvalue weighted by Crippen LogP contribution is 2.20. The van der Waals surface area contributed by atoms with Gasteiger partial charge in [0.1, 0.15) is 5.75 Å². The zero-order chi connectivity index (χ0) is 17.4. The Bertz CT molecular complexity index is 773. The Kier molecular flexibility index (Phi) is 6.85. The van der Waals surface area contributed by atoms with Crippen LogP contribution < -0.4 is 10.2 Å². The first-order chi connectivity index (χ1) is 11.6. The molecule has 0 aliphatic heterocycles. The standard InChI is InChI=1S/C18H16Cl2N2O2/c1-13-11-15(8-9-16(13)19)24-12-18(23)22-21-10-4-6-14-5-2-3-7-17(14)20/h2-11H,12H2,1H3,(H,22,23)/b6-4+,21-10+. The predicted molar refractivity (Wildman–Crippen MR) is 98.8 cm³/mol. The van der Waals surface area contributed by atoms with Gasteiger partial charge in [-0.3, -0.25) is 4.79 Å². The molecular formula is C18H16Cl2N2O2. The van der Waals surface area contributed by atoms with E-state index < -0.39 is 0 Å². The maximum Gasteiger partial charge on any atom is 0.277 e. The van der Waals surface area contributed by atoms with Crippen LogP contribution in [0.1, 0.15) is 11.1 Å². The zero-order valence-electron chi connectivity index (χ0n) is 13.0. The summed E-state index contributed by atoms with van der Waals surface area (Å²) in [5.74, 6) is 0.222. The SMILES string of the molecule is Cc1cc(OCC(=O)N/N=C/C=C/c2ccccc2Cl)ccc1Cl. The number of carbonyl (C=O) groups is 1. The number of hydrogen-bond acceptors (Lipinski definition) is 3. The maximum atomic E-state index is 11.6. The van der Waals surface area contributed by atoms with Gasteiger partial charge in [0.25, 0.3) is 5.91 Å². The summed E-state index contributed by atoms with van der Waals surface area (Å²) in [6, 6.07) is 12.6. The summed E-state index contributed by atoms with van der Waals surface area (Å²) in [5, 5.41) is 5.11. The minimum Gasteiger partial charge on any atom is -0.484 e. The van der Waals surface area contributed by atoms with Gasteiger partial charge in [0, 0.05) is 16.3 Å². The minimum absolute atomic E-state index is 0.132. The average Bonchev–Trinajstić information content (AvgIpc) is 2.57. The molecule has 2 aromatic rings. The molecule has 1 amide bonds. The van der Waals surface area contributed by atoms with Crippen molar-refractivity contribution in [2.45, 2.75) is 6.92 Å². The molecule has 0 radical (unpaired) electrons. The van der Waals surface area contributed by atoms with E-state index >= 15 is 0 Å². The Morgan fingerprint density at radius 2 is 2.00 bits per heavy atom. The Hall–Kier alpha value is -2.30. The normalized spacial score (nSPS) is 11.1. The van der Waals surface area contributed by atoms with Gasteiger partial charge in [0.05, 0.1) is 0 Å². The molecule has 0 aromatic heterocycles. The summed E-state index contributed by atoms with van der Waals surface area (Å²) in [6.07, 6.45) is 4.95. The summed E-state index contributed by atoms with van der Waals surface area (Å²) in [6.45, 7) is 1.73. The molecule has 0 heterocycles. The van der Waals surface area contributed by atoms with Crippen molar-refractivity contribution >= 4 is 41.4 Å². The fourth-order valence-corrected chi connectivity index (χ4v) is 2.11. The van der Waals surface area contributed by atoms with Gasteiger partial charge in [-0.2, -0.15) is 5.10 Å². The predicted octanol–water partition coefficient (Wildman–Crippen LogP) is 4.50. The fraction of sp³-hybridized carbons (Fsp3) is 0.111. The van der Waals surface area contributed by atoms with E-state index in [1.807, 2.05) is 25.1 Å². The number of aryl methyl sites for hydroxylation is 1. The number of ether oxygens (including phenoxy) is 1. The van der Waals surface area contributed by atoms with E-state index in [9.17, 15) is 4.79 Å². The first-order valence-electron chi connectivity index (χ1n) is 7.18. The van der Waals surface area contributed by atoms with E-state index in [1.165, 1.54) is 6.21 Å². The summed E-state index contributed by atoms with van der Waals surface area (Å²) in [4.78, 5) is 11.6. The van der Waals surface area contributed by atoms with E-state index in [0.717, 1.165) is 11.1 Å². The average molecular weight is 363 g/mol. The van der Waals surface area contributed by atoms with E-state index in [4.69, 9.17) is 27.9 Å². The molecule has 1 N–H and O–H groups in total. The molecule has 124 valence electrons. The van der Waals surface area contributed by atoms with Crippen molar-refractivity contribution in [2.75, 3.05) is 6.61 Å². The van der Waals surface area contributed by atoms with Crippen LogP contribution in [0.3, 0.4) is 0 Å². The van der Waals surface area contributed by atoms with Crippen LogP contribution >= 0.6 is 23.2 Å². The molecule has 24 heavy (non-hydrogen) atoms. The van der Waals surface area contributed by atoms with Gasteiger partial charge in [-0.15, -0.1) is 0 Å². The van der Waals surface area contributed by atoms with Crippen LogP contribution in [0.4, 0.5) is 0 Å². The Labute approximate surface area is 150 Å². The van der Waals surface area contributed by atoms with E-state index in [-0.39, 0.29) is 12.5 Å². The topological polar surface area (TPSA) is 50.7 Å². The monoisotopic (exact) mass is 362 g/mol. The van der Waals surface area contributed by atoms with Gasteiger partial charge in [0.15, 0.2) is 6.61 Å². The summed E-state index contributed by atoms with van der Waals surface area (Å²) < 4.78 is 5.37. The van der Waals surface area contributed by atoms with Crippen LogP contribution in [-0.2, 0) is 4.79 Å². The molecule has 6 heteroatoms. The smallest absolute Gasteiger partial charge is 0.277 e. The maximum absolute atomic E-state index is 11.6. The highest BCUT2D eigenvalue weighted by atomic mass is 35.5. The van der Waals surface area contributed by atoms with E-state index in [1.54, 1.807) is 36.4 Å². The van der Waals surface area contributed by atoms with E-state index in [0.29, 0.717) is 15.8 Å². The lowest BCUT2D eigenvalue weighted by atomic mass is 10.2. The number of amides is 1. The van der Waals surface area contributed by atoms with Crippen LogP contribution in [-0.4, -0.2) is 18.7 Å². The van der Waals surface area contributed by atoms with Gasteiger partial charge < -0.3 is 4.74 Å². The van der Waals surface area contributed by atoms with Crippen molar-refractivity contribution in [1.82, 2.24) is 5.43 Å². The third kappa shape index (κ3) is 5.72. The van der Waals surface area contributed by atoms with Crippen molar-refractivity contribution in [1.29, 1.82) is 0 Å². The van der Waals surface area contributed by atoms with Gasteiger partial charge in [0.2, 0.25) is 0 Å². The molecule has 0 atom stereocenters. The number of benzene rings is 2. The van der Waals surface area contributed by atoms with Crippen LogP contribution in [0.25, 0.3) is 6.08 Å². The number of nitrogens with one attached hydrogen (secondary N) is 1. The Morgan fingerprint density at radius 3 is 2.75 bits per heavy atom. The lowest BCUT2D eigenvalue weighted by Crippen LogP contribution is -2.24. The third-order valence-corrected chi connectivity index (χ3v) is 3.80. The Morgan fingerprint density at radius 1 is 1.21 bits per heavy atom. The number of nitrogens with zero attached hydrogens (tertiary/aromatic N) is 1. The van der Waals surface area contributed by atoms with Crippen LogP contribution in [0.5, 0.6) is 5.75 Å². The van der Waals surface area contributed by atoms with E-state index in [2.05, 4.69) is 10.5 Å². The van der Waals surface area contributed by atoms with Gasteiger partial charge in [-0.05, 0) is 48.4 Å². The van der Waals surface area contributed by atoms with Crippen molar-refractivity contribution < 1.29 is 9.53 Å². The molecule has 0 saturated heterocycles. The lowest BCUT2D eigenvalue weighted by Gasteiger charge is -2.06. The Balaban J connectivity index is 1.76. The fourth-order valence-electron chi connectivity index (χ4n) is 1.80. The lowest BCUT2D eigenvalue weighted by molar-refractivity contribution is -0.123. The summed E-state index contributed by atoms with van der Waals surface area (Å²) in [7, 11) is 0. The van der Waals surface area contributed by atoms with Crippen molar-refractivity contribution in [3.63, 3.8) is 0 Å². The molecule has 2 rings (SSSR count). The van der Waals surface area contributed by atoms with Crippen LogP contribution in [0.2, 0.25) is 10.0 Å². The summed E-state index contributed by atoms with van der Waals surface area (Å²) >= 11 is 11.9. The van der Waals surface area contributed by atoms with Crippen LogP contribution in [0, 0.1) is 6.92 Å². The molecule has 0 spiro atoms. The number of hydrazone groups is 1. The molecule has 0 unspecified atom stereocenters. The second-order valence-corrected chi connectivity index (χ2v) is 5.71. The number of carbonyl (C=O) groups excluding carboxylic acids is 1. The first kappa shape index (κ1) is 18.0. The first-order valence-corrected chi connectivity index (χ1v) is 7.94. The second-order valence-electron chi connectivity index (χ2n) is 4.89.